The lowest BCUT2D eigenvalue weighted by atomic mass is 9.91. The number of fused-ring (bicyclic) bond motifs is 1. The summed E-state index contributed by atoms with van der Waals surface area (Å²) in [7, 11) is 1.59. The van der Waals surface area contributed by atoms with E-state index in [1.807, 2.05) is 55.6 Å². The monoisotopic (exact) mass is 453 g/mol. The molecule has 3 N–H and O–H groups in total. The summed E-state index contributed by atoms with van der Waals surface area (Å²) in [5.41, 5.74) is 9.14. The largest absolute Gasteiger partial charge is 0.368 e. The van der Waals surface area contributed by atoms with Gasteiger partial charge in [-0.3, -0.25) is 0 Å². The van der Waals surface area contributed by atoms with E-state index < -0.39 is 5.60 Å². The Morgan fingerprint density at radius 3 is 2.72 bits per heavy atom. The molecule has 0 aliphatic heterocycles. The third-order valence-electron chi connectivity index (χ3n) is 4.80. The van der Waals surface area contributed by atoms with Crippen LogP contribution < -0.4 is 5.73 Å². The number of nitrogens with one attached hydrogen (secondary N) is 1. The van der Waals surface area contributed by atoms with E-state index >= 15 is 0 Å². The number of rotatable bonds is 6. The molecule has 0 fully saturated rings. The molecule has 0 bridgehead atoms. The van der Waals surface area contributed by atoms with Crippen LogP contribution in [0.4, 0.5) is 5.95 Å². The van der Waals surface area contributed by atoms with Crippen LogP contribution in [0.2, 0.25) is 0 Å². The Bertz CT molecular complexity index is 1150. The second-order valence-electron chi connectivity index (χ2n) is 6.70. The first-order chi connectivity index (χ1) is 14.0. The summed E-state index contributed by atoms with van der Waals surface area (Å²) in [5, 5.41) is 0.933. The van der Waals surface area contributed by atoms with Gasteiger partial charge >= 0.3 is 0 Å². The third-order valence-corrected chi connectivity index (χ3v) is 5.23. The zero-order valence-corrected chi connectivity index (χ0v) is 17.6. The van der Waals surface area contributed by atoms with Crippen LogP contribution in [-0.4, -0.2) is 33.8 Å². The van der Waals surface area contributed by atoms with Crippen LogP contribution in [-0.2, 0) is 15.1 Å². The molecule has 29 heavy (non-hydrogen) atoms. The predicted octanol–water partition coefficient (Wildman–Crippen LogP) is 4.25. The van der Waals surface area contributed by atoms with Gasteiger partial charge in [-0.15, -0.1) is 0 Å². The quantitative estimate of drug-likeness (QED) is 0.423. The van der Waals surface area contributed by atoms with E-state index in [2.05, 4.69) is 35.9 Å². The lowest BCUT2D eigenvalue weighted by Gasteiger charge is -2.30. The number of aromatic amines is 1. The fourth-order valence-electron chi connectivity index (χ4n) is 3.28. The number of aromatic nitrogens is 4. The number of nitrogens with two attached hydrogens (primary N) is 1. The molecule has 1 aromatic carbocycles. The molecule has 1 atom stereocenters. The second-order valence-corrected chi connectivity index (χ2v) is 7.61. The van der Waals surface area contributed by atoms with Crippen molar-refractivity contribution < 1.29 is 9.47 Å². The van der Waals surface area contributed by atoms with Gasteiger partial charge < -0.3 is 20.2 Å². The normalized spacial score (nSPS) is 13.5. The van der Waals surface area contributed by atoms with Crippen molar-refractivity contribution in [1.29, 1.82) is 0 Å². The first-order valence-corrected chi connectivity index (χ1v) is 9.77. The number of ether oxygens (including phenoxy) is 2. The maximum absolute atomic E-state index is 6.10. The van der Waals surface area contributed by atoms with Gasteiger partial charge in [-0.2, -0.15) is 0 Å². The van der Waals surface area contributed by atoms with E-state index in [4.69, 9.17) is 15.2 Å². The predicted molar refractivity (Wildman–Crippen MR) is 115 cm³/mol. The molecule has 0 amide bonds. The van der Waals surface area contributed by atoms with E-state index in [0.717, 1.165) is 26.6 Å². The van der Waals surface area contributed by atoms with E-state index in [1.54, 1.807) is 13.3 Å². The maximum atomic E-state index is 6.10. The van der Waals surface area contributed by atoms with Crippen molar-refractivity contribution in [3.63, 3.8) is 0 Å². The summed E-state index contributed by atoms with van der Waals surface area (Å²) in [6, 6.07) is 13.7. The summed E-state index contributed by atoms with van der Waals surface area (Å²) in [6.45, 7) is 2.05. The highest BCUT2D eigenvalue weighted by Gasteiger charge is 2.33. The molecule has 0 radical (unpaired) electrons. The highest BCUT2D eigenvalue weighted by Crippen LogP contribution is 2.35. The SMILES string of the molecule is COCOC(C)(c1ccccc1)c1cc(-c2c[nH]c3ncc(Br)cc23)nc(N)n1. The van der Waals surface area contributed by atoms with Crippen LogP contribution in [0.1, 0.15) is 18.2 Å². The number of hydrogen-bond acceptors (Lipinski definition) is 6. The van der Waals surface area contributed by atoms with Gasteiger partial charge in [-0.05, 0) is 40.5 Å². The van der Waals surface area contributed by atoms with Gasteiger partial charge in [-0.25, -0.2) is 15.0 Å². The average Bonchev–Trinajstić information content (AvgIpc) is 3.15. The van der Waals surface area contributed by atoms with Gasteiger partial charge in [-0.1, -0.05) is 30.3 Å². The van der Waals surface area contributed by atoms with Crippen molar-refractivity contribution in [2.75, 3.05) is 19.6 Å². The smallest absolute Gasteiger partial charge is 0.220 e. The fraction of sp³-hybridized carbons (Fsp3) is 0.190. The minimum atomic E-state index is -0.867. The summed E-state index contributed by atoms with van der Waals surface area (Å²) >= 11 is 3.48. The summed E-state index contributed by atoms with van der Waals surface area (Å²) in [4.78, 5) is 16.5. The van der Waals surface area contributed by atoms with Crippen LogP contribution in [0.15, 0.2) is 59.3 Å². The van der Waals surface area contributed by atoms with Crippen LogP contribution in [0.3, 0.4) is 0 Å². The molecule has 4 aromatic rings. The Morgan fingerprint density at radius 1 is 1.17 bits per heavy atom. The van der Waals surface area contributed by atoms with E-state index in [1.165, 1.54) is 0 Å². The Kier molecular flexibility index (Phi) is 5.31. The van der Waals surface area contributed by atoms with Gasteiger partial charge in [0.2, 0.25) is 5.95 Å². The van der Waals surface area contributed by atoms with Crippen molar-refractivity contribution in [3.05, 3.63) is 70.6 Å². The molecule has 0 aliphatic carbocycles. The minimum absolute atomic E-state index is 0.106. The Hall–Kier alpha value is -2.81. The van der Waals surface area contributed by atoms with Crippen LogP contribution in [0, 0.1) is 0 Å². The molecule has 8 heteroatoms. The fourth-order valence-corrected chi connectivity index (χ4v) is 3.61. The molecule has 148 valence electrons. The minimum Gasteiger partial charge on any atom is -0.368 e. The van der Waals surface area contributed by atoms with Gasteiger partial charge in [0.25, 0.3) is 0 Å². The van der Waals surface area contributed by atoms with Crippen LogP contribution in [0.5, 0.6) is 0 Å². The zero-order valence-electron chi connectivity index (χ0n) is 16.0. The highest BCUT2D eigenvalue weighted by molar-refractivity contribution is 9.10. The van der Waals surface area contributed by atoms with Crippen molar-refractivity contribution in [2.24, 2.45) is 0 Å². The topological polar surface area (TPSA) is 98.9 Å². The van der Waals surface area contributed by atoms with Crippen molar-refractivity contribution in [3.8, 4) is 11.3 Å². The molecule has 4 rings (SSSR count). The van der Waals surface area contributed by atoms with Gasteiger partial charge in [0.15, 0.2) is 0 Å². The molecular weight excluding hydrogens is 434 g/mol. The second kappa shape index (κ2) is 7.90. The number of H-pyrrole nitrogens is 1. The summed E-state index contributed by atoms with van der Waals surface area (Å²) < 4.78 is 12.1. The van der Waals surface area contributed by atoms with E-state index in [9.17, 15) is 0 Å². The highest BCUT2D eigenvalue weighted by atomic mass is 79.9. The third kappa shape index (κ3) is 3.74. The Labute approximate surface area is 176 Å². The van der Waals surface area contributed by atoms with Gasteiger partial charge in [0.05, 0.1) is 11.4 Å². The number of pyridine rings is 1. The lowest BCUT2D eigenvalue weighted by Crippen LogP contribution is -2.30. The molecule has 7 nitrogen and oxygen atoms in total. The molecule has 0 saturated heterocycles. The number of halogens is 1. The summed E-state index contributed by atoms with van der Waals surface area (Å²) in [6.07, 6.45) is 3.61. The summed E-state index contributed by atoms with van der Waals surface area (Å²) in [5.74, 6) is 0.165. The number of hydrogen-bond donors (Lipinski definition) is 2. The Morgan fingerprint density at radius 2 is 1.97 bits per heavy atom. The number of nitrogen functional groups attached to an aromatic ring is 1. The zero-order chi connectivity index (χ0) is 20.4. The van der Waals surface area contributed by atoms with Gasteiger partial charge in [0.1, 0.15) is 18.0 Å². The number of anilines is 1. The van der Waals surface area contributed by atoms with Gasteiger partial charge in [0, 0.05) is 34.9 Å². The number of benzene rings is 1. The average molecular weight is 454 g/mol. The van der Waals surface area contributed by atoms with E-state index in [0.29, 0.717) is 11.4 Å². The molecule has 3 aromatic heterocycles. The number of nitrogens with zero attached hydrogens (tertiary/aromatic N) is 3. The first kappa shape index (κ1) is 19.5. The first-order valence-electron chi connectivity index (χ1n) is 8.98. The van der Waals surface area contributed by atoms with E-state index in [-0.39, 0.29) is 12.7 Å². The molecule has 0 spiro atoms. The molecule has 3 heterocycles. The maximum Gasteiger partial charge on any atom is 0.220 e. The molecular formula is C21H20BrN5O2. The molecule has 0 aliphatic rings. The Balaban J connectivity index is 1.88. The molecule has 0 saturated carbocycles. The lowest BCUT2D eigenvalue weighted by molar-refractivity contribution is -0.109. The van der Waals surface area contributed by atoms with Crippen molar-refractivity contribution in [1.82, 2.24) is 19.9 Å². The van der Waals surface area contributed by atoms with Crippen LogP contribution >= 0.6 is 15.9 Å². The van der Waals surface area contributed by atoms with Crippen LogP contribution in [0.25, 0.3) is 22.3 Å². The standard InChI is InChI=1S/C21H20BrN5O2/c1-21(29-12-28-2,13-6-4-3-5-7-13)18-9-17(26-20(23)27-18)16-11-25-19-15(16)8-14(22)10-24-19/h3-11H,12H2,1-2H3,(H,24,25)(H2,23,26,27). The van der Waals surface area contributed by atoms with Crippen molar-refractivity contribution >= 4 is 32.9 Å². The molecule has 1 unspecified atom stereocenters. The van der Waals surface area contributed by atoms with Crippen molar-refractivity contribution in [2.45, 2.75) is 12.5 Å². The number of methoxy groups -OCH3 is 1.